The van der Waals surface area contributed by atoms with Gasteiger partial charge in [-0.2, -0.15) is 0 Å². The predicted molar refractivity (Wildman–Crippen MR) is 99.1 cm³/mol. The van der Waals surface area contributed by atoms with Gasteiger partial charge in [0.05, 0.1) is 0 Å². The summed E-state index contributed by atoms with van der Waals surface area (Å²) in [7, 11) is 0. The number of hydrogen-bond donors (Lipinski definition) is 2. The molecule has 0 radical (unpaired) electrons. The number of nitrogens with one attached hydrogen (secondary N) is 2. The lowest BCUT2D eigenvalue weighted by Crippen LogP contribution is -2.49. The zero-order chi connectivity index (χ0) is 16.9. The summed E-state index contributed by atoms with van der Waals surface area (Å²) in [4.78, 5) is 11.8. The first-order valence-corrected chi connectivity index (χ1v) is 8.89. The minimum absolute atomic E-state index is 0.175. The van der Waals surface area contributed by atoms with E-state index < -0.39 is 0 Å². The molecule has 1 fully saturated rings. The number of benzene rings is 2. The quantitative estimate of drug-likeness (QED) is 0.784. The molecule has 4 nitrogen and oxygen atoms in total. The summed E-state index contributed by atoms with van der Waals surface area (Å²) in [5, 5.41) is 6.43. The van der Waals surface area contributed by atoms with E-state index in [0.29, 0.717) is 12.6 Å². The highest BCUT2D eigenvalue weighted by molar-refractivity contribution is 9.10. The first kappa shape index (κ1) is 16.8. The molecule has 3 rings (SSSR count). The lowest BCUT2D eigenvalue weighted by Gasteiger charge is -2.36. The molecule has 126 valence electrons. The van der Waals surface area contributed by atoms with Gasteiger partial charge in [0.2, 0.25) is 0 Å². The molecule has 0 aliphatic heterocycles. The molecule has 1 amide bonds. The number of ether oxygens (including phenoxy) is 1. The molecule has 0 bridgehead atoms. The van der Waals surface area contributed by atoms with Crippen LogP contribution >= 0.6 is 15.9 Å². The molecular weight excluding hydrogens is 368 g/mol. The smallest absolute Gasteiger partial charge is 0.407 e. The molecule has 2 N–H and O–H groups in total. The van der Waals surface area contributed by atoms with Crippen LogP contribution in [-0.4, -0.2) is 18.2 Å². The Kier molecular flexibility index (Phi) is 5.41. The summed E-state index contributed by atoms with van der Waals surface area (Å²) in [6, 6.07) is 16.5. The van der Waals surface area contributed by atoms with E-state index in [-0.39, 0.29) is 12.1 Å². The van der Waals surface area contributed by atoms with Crippen LogP contribution < -0.4 is 10.6 Å². The number of anilines is 1. The molecule has 0 spiro atoms. The Morgan fingerprint density at radius 3 is 2.67 bits per heavy atom. The number of halogens is 1. The van der Waals surface area contributed by atoms with Crippen LogP contribution in [0.2, 0.25) is 0 Å². The van der Waals surface area contributed by atoms with E-state index in [2.05, 4.69) is 45.6 Å². The summed E-state index contributed by atoms with van der Waals surface area (Å²) in [5.74, 6) is 0. The number of rotatable bonds is 5. The summed E-state index contributed by atoms with van der Waals surface area (Å²) in [6.07, 6.45) is 1.46. The van der Waals surface area contributed by atoms with Crippen molar-refractivity contribution in [1.82, 2.24) is 5.32 Å². The van der Waals surface area contributed by atoms with E-state index in [0.717, 1.165) is 28.6 Å². The zero-order valence-electron chi connectivity index (χ0n) is 13.6. The van der Waals surface area contributed by atoms with Gasteiger partial charge in [0, 0.05) is 22.2 Å². The van der Waals surface area contributed by atoms with Crippen molar-refractivity contribution in [2.24, 2.45) is 0 Å². The van der Waals surface area contributed by atoms with Crippen molar-refractivity contribution in [1.29, 1.82) is 0 Å². The number of alkyl carbamates (subject to hydrolysis) is 1. The van der Waals surface area contributed by atoms with Crippen molar-refractivity contribution in [3.05, 3.63) is 64.1 Å². The van der Waals surface area contributed by atoms with Gasteiger partial charge in [0.25, 0.3) is 0 Å². The van der Waals surface area contributed by atoms with Crippen LogP contribution in [0.25, 0.3) is 0 Å². The molecular formula is C19H21BrN2O2. The lowest BCUT2D eigenvalue weighted by molar-refractivity contribution is 0.129. The first-order valence-electron chi connectivity index (χ1n) is 8.10. The number of aryl methyl sites for hydroxylation is 1. The number of amides is 1. The molecule has 0 unspecified atom stereocenters. The van der Waals surface area contributed by atoms with Crippen LogP contribution in [0.3, 0.4) is 0 Å². The van der Waals surface area contributed by atoms with Gasteiger partial charge in [-0.1, -0.05) is 36.4 Å². The number of carbonyl (C=O) groups is 1. The van der Waals surface area contributed by atoms with E-state index in [1.165, 1.54) is 5.56 Å². The largest absolute Gasteiger partial charge is 0.445 e. The topological polar surface area (TPSA) is 50.4 Å². The van der Waals surface area contributed by atoms with Crippen molar-refractivity contribution in [2.45, 2.75) is 38.5 Å². The van der Waals surface area contributed by atoms with Crippen LogP contribution in [0.1, 0.15) is 24.0 Å². The third kappa shape index (κ3) is 4.51. The molecule has 2 aromatic rings. The van der Waals surface area contributed by atoms with Gasteiger partial charge < -0.3 is 15.4 Å². The average molecular weight is 389 g/mol. The van der Waals surface area contributed by atoms with Crippen LogP contribution in [0.4, 0.5) is 10.5 Å². The fourth-order valence-corrected chi connectivity index (χ4v) is 3.12. The lowest BCUT2D eigenvalue weighted by atomic mass is 9.86. The van der Waals surface area contributed by atoms with Gasteiger partial charge in [-0.05, 0) is 59.0 Å². The molecule has 0 atom stereocenters. The summed E-state index contributed by atoms with van der Waals surface area (Å²) in [5.41, 5.74) is 3.31. The van der Waals surface area contributed by atoms with Crippen molar-refractivity contribution in [2.75, 3.05) is 5.32 Å². The molecule has 5 heteroatoms. The first-order chi connectivity index (χ1) is 11.6. The van der Waals surface area contributed by atoms with Gasteiger partial charge in [-0.15, -0.1) is 0 Å². The molecule has 0 heterocycles. The van der Waals surface area contributed by atoms with Crippen molar-refractivity contribution in [3.63, 3.8) is 0 Å². The van der Waals surface area contributed by atoms with Crippen LogP contribution in [0.15, 0.2) is 53.0 Å². The normalized spacial score (nSPS) is 19.2. The van der Waals surface area contributed by atoms with Gasteiger partial charge in [-0.25, -0.2) is 4.79 Å². The maximum absolute atomic E-state index is 11.8. The Hall–Kier alpha value is -2.01. The highest BCUT2D eigenvalue weighted by atomic mass is 79.9. The van der Waals surface area contributed by atoms with E-state index >= 15 is 0 Å². The van der Waals surface area contributed by atoms with Gasteiger partial charge in [0.1, 0.15) is 6.61 Å². The van der Waals surface area contributed by atoms with E-state index in [1.807, 2.05) is 36.4 Å². The second kappa shape index (κ2) is 7.71. The summed E-state index contributed by atoms with van der Waals surface area (Å²) in [6.45, 7) is 2.38. The van der Waals surface area contributed by atoms with Crippen LogP contribution in [-0.2, 0) is 11.3 Å². The van der Waals surface area contributed by atoms with Gasteiger partial charge in [0.15, 0.2) is 0 Å². The van der Waals surface area contributed by atoms with Crippen molar-refractivity contribution in [3.8, 4) is 0 Å². The zero-order valence-corrected chi connectivity index (χ0v) is 15.2. The maximum Gasteiger partial charge on any atom is 0.407 e. The number of carbonyl (C=O) groups excluding carboxylic acids is 1. The monoisotopic (exact) mass is 388 g/mol. The standard InChI is InChI=1S/C19H21BrN2O2/c1-13-7-8-17(20)18(9-13)21-15-10-16(11-15)22-19(23)24-12-14-5-3-2-4-6-14/h2-9,15-16,21H,10-12H2,1H3,(H,22,23). The molecule has 0 saturated heterocycles. The Morgan fingerprint density at radius 2 is 1.92 bits per heavy atom. The van der Waals surface area contributed by atoms with E-state index in [4.69, 9.17) is 4.74 Å². The number of hydrogen-bond acceptors (Lipinski definition) is 3. The maximum atomic E-state index is 11.8. The molecule has 1 aliphatic carbocycles. The molecule has 1 saturated carbocycles. The van der Waals surface area contributed by atoms with Crippen molar-refractivity contribution < 1.29 is 9.53 Å². The minimum Gasteiger partial charge on any atom is -0.445 e. The Bertz CT molecular complexity index is 700. The summed E-state index contributed by atoms with van der Waals surface area (Å²) >= 11 is 3.56. The fourth-order valence-electron chi connectivity index (χ4n) is 2.75. The second-order valence-electron chi connectivity index (χ2n) is 6.20. The molecule has 1 aliphatic rings. The average Bonchev–Trinajstić information content (AvgIpc) is 2.55. The van der Waals surface area contributed by atoms with Crippen LogP contribution in [0.5, 0.6) is 0 Å². The minimum atomic E-state index is -0.348. The van der Waals surface area contributed by atoms with Gasteiger partial charge >= 0.3 is 6.09 Å². The predicted octanol–water partition coefficient (Wildman–Crippen LogP) is 4.63. The Balaban J connectivity index is 1.39. The van der Waals surface area contributed by atoms with E-state index in [9.17, 15) is 4.79 Å². The SMILES string of the molecule is Cc1ccc(Br)c(NC2CC(NC(=O)OCc3ccccc3)C2)c1. The molecule has 24 heavy (non-hydrogen) atoms. The second-order valence-corrected chi connectivity index (χ2v) is 7.05. The van der Waals surface area contributed by atoms with Crippen molar-refractivity contribution >= 4 is 27.7 Å². The molecule has 2 aromatic carbocycles. The Labute approximate surface area is 150 Å². The van der Waals surface area contributed by atoms with Gasteiger partial charge in [-0.3, -0.25) is 0 Å². The molecule has 0 aromatic heterocycles. The third-order valence-electron chi connectivity index (χ3n) is 4.15. The Morgan fingerprint density at radius 1 is 1.17 bits per heavy atom. The highest BCUT2D eigenvalue weighted by Crippen LogP contribution is 2.29. The van der Waals surface area contributed by atoms with Crippen LogP contribution in [0, 0.1) is 6.92 Å². The third-order valence-corrected chi connectivity index (χ3v) is 4.85. The fraction of sp³-hybridized carbons (Fsp3) is 0.316. The summed E-state index contributed by atoms with van der Waals surface area (Å²) < 4.78 is 6.31. The van der Waals surface area contributed by atoms with E-state index in [1.54, 1.807) is 0 Å². The highest BCUT2D eigenvalue weighted by Gasteiger charge is 2.30.